The first-order chi connectivity index (χ1) is 11.6. The van der Waals surface area contributed by atoms with E-state index in [-0.39, 0.29) is 23.8 Å². The third-order valence-corrected chi connectivity index (χ3v) is 4.06. The molecule has 0 unspecified atom stereocenters. The zero-order valence-corrected chi connectivity index (χ0v) is 13.4. The summed E-state index contributed by atoms with van der Waals surface area (Å²) in [7, 11) is 3.06. The Balaban J connectivity index is 1.91. The molecule has 1 aromatic carbocycles. The van der Waals surface area contributed by atoms with Gasteiger partial charge in [0, 0.05) is 17.2 Å². The molecule has 24 heavy (non-hydrogen) atoms. The van der Waals surface area contributed by atoms with Gasteiger partial charge in [0.05, 0.1) is 26.3 Å². The third kappa shape index (κ3) is 2.56. The standard InChI is InChI=1S/C18H17NO5/c1-23-12-8-7-11(15(9-12)24-2)10-19-17(21)13-5-3-4-6-14(20)16(13)18(19)22/h3-4,6-9,20H,5,10H2,1-2H3. The van der Waals surface area contributed by atoms with Crippen molar-refractivity contribution in [2.24, 2.45) is 0 Å². The molecule has 1 aliphatic heterocycles. The van der Waals surface area contributed by atoms with Gasteiger partial charge < -0.3 is 14.6 Å². The molecule has 0 saturated heterocycles. The Kier molecular flexibility index (Phi) is 4.12. The van der Waals surface area contributed by atoms with Crippen LogP contribution < -0.4 is 9.47 Å². The molecule has 124 valence electrons. The molecule has 0 fully saturated rings. The Morgan fingerprint density at radius 2 is 1.96 bits per heavy atom. The lowest BCUT2D eigenvalue weighted by Gasteiger charge is -2.18. The number of carbonyl (C=O) groups is 2. The molecule has 1 N–H and O–H groups in total. The van der Waals surface area contributed by atoms with Crippen LogP contribution in [0.4, 0.5) is 0 Å². The molecule has 3 rings (SSSR count). The Labute approximate surface area is 139 Å². The van der Waals surface area contributed by atoms with E-state index in [9.17, 15) is 14.7 Å². The van der Waals surface area contributed by atoms with Crippen molar-refractivity contribution in [2.45, 2.75) is 13.0 Å². The molecule has 0 spiro atoms. The number of aliphatic hydroxyl groups is 1. The van der Waals surface area contributed by atoms with Crippen molar-refractivity contribution in [3.63, 3.8) is 0 Å². The van der Waals surface area contributed by atoms with Crippen LogP contribution in [0.3, 0.4) is 0 Å². The summed E-state index contributed by atoms with van der Waals surface area (Å²) < 4.78 is 10.5. The minimum Gasteiger partial charge on any atom is -0.507 e. The Bertz CT molecular complexity index is 804. The average Bonchev–Trinajstić information content (AvgIpc) is 2.74. The summed E-state index contributed by atoms with van der Waals surface area (Å²) >= 11 is 0. The van der Waals surface area contributed by atoms with Crippen LogP contribution in [-0.2, 0) is 16.1 Å². The Morgan fingerprint density at radius 3 is 2.67 bits per heavy atom. The number of hydrogen-bond acceptors (Lipinski definition) is 5. The highest BCUT2D eigenvalue weighted by Crippen LogP contribution is 2.33. The SMILES string of the molecule is COc1ccc(CN2C(=O)C3=C(C2=O)C(O)=CC=CC3)c(OC)c1. The highest BCUT2D eigenvalue weighted by Gasteiger charge is 2.39. The maximum atomic E-state index is 12.6. The minimum absolute atomic E-state index is 0.0643. The van der Waals surface area contributed by atoms with Gasteiger partial charge in [-0.05, 0) is 24.6 Å². The molecule has 0 atom stereocenters. The number of benzene rings is 1. The Hall–Kier alpha value is -3.02. The number of aliphatic hydroxyl groups excluding tert-OH is 1. The van der Waals surface area contributed by atoms with E-state index < -0.39 is 5.91 Å². The summed E-state index contributed by atoms with van der Waals surface area (Å²) in [4.78, 5) is 26.3. The number of nitrogens with zero attached hydrogens (tertiary/aromatic N) is 1. The van der Waals surface area contributed by atoms with Gasteiger partial charge in [-0.1, -0.05) is 12.2 Å². The molecule has 1 heterocycles. The molecule has 1 aromatic rings. The van der Waals surface area contributed by atoms with Gasteiger partial charge in [-0.25, -0.2) is 0 Å². The quantitative estimate of drug-likeness (QED) is 0.859. The summed E-state index contributed by atoms with van der Waals surface area (Å²) in [5.74, 6) is 0.0805. The molecule has 6 nitrogen and oxygen atoms in total. The summed E-state index contributed by atoms with van der Waals surface area (Å²) in [5.41, 5.74) is 1.07. The maximum absolute atomic E-state index is 12.6. The summed E-state index contributed by atoms with van der Waals surface area (Å²) in [5, 5.41) is 10.0. The molecule has 0 aromatic heterocycles. The molecule has 1 aliphatic carbocycles. The topological polar surface area (TPSA) is 76.1 Å². The van der Waals surface area contributed by atoms with Crippen LogP contribution >= 0.6 is 0 Å². The van der Waals surface area contributed by atoms with Gasteiger partial charge >= 0.3 is 0 Å². The van der Waals surface area contributed by atoms with E-state index >= 15 is 0 Å². The Morgan fingerprint density at radius 1 is 1.17 bits per heavy atom. The van der Waals surface area contributed by atoms with E-state index in [0.717, 1.165) is 4.90 Å². The first kappa shape index (κ1) is 15.9. The fourth-order valence-electron chi connectivity index (χ4n) is 2.80. The molecule has 0 saturated carbocycles. The second-order valence-electron chi connectivity index (χ2n) is 5.41. The minimum atomic E-state index is -0.495. The van der Waals surface area contributed by atoms with Crippen LogP contribution in [0.15, 0.2) is 53.3 Å². The van der Waals surface area contributed by atoms with E-state index in [2.05, 4.69) is 0 Å². The van der Waals surface area contributed by atoms with Gasteiger partial charge in [0.2, 0.25) is 0 Å². The van der Waals surface area contributed by atoms with E-state index in [1.807, 2.05) is 0 Å². The summed E-state index contributed by atoms with van der Waals surface area (Å²) in [6.07, 6.45) is 5.11. The maximum Gasteiger partial charge on any atom is 0.265 e. The van der Waals surface area contributed by atoms with Crippen molar-refractivity contribution < 1.29 is 24.2 Å². The van der Waals surface area contributed by atoms with Gasteiger partial charge in [-0.15, -0.1) is 0 Å². The zero-order chi connectivity index (χ0) is 17.3. The lowest BCUT2D eigenvalue weighted by atomic mass is 10.1. The number of methoxy groups -OCH3 is 2. The predicted molar refractivity (Wildman–Crippen MR) is 86.6 cm³/mol. The highest BCUT2D eigenvalue weighted by atomic mass is 16.5. The number of imide groups is 1. The van der Waals surface area contributed by atoms with Crippen LogP contribution in [-0.4, -0.2) is 36.0 Å². The largest absolute Gasteiger partial charge is 0.507 e. The second-order valence-corrected chi connectivity index (χ2v) is 5.41. The normalized spacial score (nSPS) is 16.9. The van der Waals surface area contributed by atoms with Crippen LogP contribution in [0.1, 0.15) is 12.0 Å². The number of amides is 2. The zero-order valence-electron chi connectivity index (χ0n) is 13.4. The van der Waals surface area contributed by atoms with Crippen molar-refractivity contribution in [1.29, 1.82) is 0 Å². The predicted octanol–water partition coefficient (Wildman–Crippen LogP) is 2.27. The second kappa shape index (κ2) is 6.23. The third-order valence-electron chi connectivity index (χ3n) is 4.06. The number of rotatable bonds is 4. The lowest BCUT2D eigenvalue weighted by molar-refractivity contribution is -0.138. The molecule has 0 bridgehead atoms. The van der Waals surface area contributed by atoms with E-state index in [4.69, 9.17) is 9.47 Å². The van der Waals surface area contributed by atoms with Crippen molar-refractivity contribution in [3.05, 3.63) is 58.9 Å². The first-order valence-electron chi connectivity index (χ1n) is 7.43. The van der Waals surface area contributed by atoms with Crippen LogP contribution in [0, 0.1) is 0 Å². The highest BCUT2D eigenvalue weighted by molar-refractivity contribution is 6.21. The summed E-state index contributed by atoms with van der Waals surface area (Å²) in [6, 6.07) is 5.18. The molecule has 0 radical (unpaired) electrons. The van der Waals surface area contributed by atoms with Crippen molar-refractivity contribution in [1.82, 2.24) is 4.90 Å². The molecule has 2 amide bonds. The number of hydrogen-bond donors (Lipinski definition) is 1. The van der Waals surface area contributed by atoms with Crippen molar-refractivity contribution in [2.75, 3.05) is 14.2 Å². The van der Waals surface area contributed by atoms with E-state index in [1.165, 1.54) is 13.2 Å². The summed E-state index contributed by atoms with van der Waals surface area (Å²) in [6.45, 7) is 0.0643. The van der Waals surface area contributed by atoms with Gasteiger partial charge in [0.25, 0.3) is 11.8 Å². The monoisotopic (exact) mass is 327 g/mol. The molecule has 6 heteroatoms. The van der Waals surface area contributed by atoms with Crippen molar-refractivity contribution in [3.8, 4) is 11.5 Å². The van der Waals surface area contributed by atoms with Crippen LogP contribution in [0.25, 0.3) is 0 Å². The van der Waals surface area contributed by atoms with Gasteiger partial charge in [0.1, 0.15) is 17.3 Å². The van der Waals surface area contributed by atoms with Crippen LogP contribution in [0.2, 0.25) is 0 Å². The van der Waals surface area contributed by atoms with Gasteiger partial charge in [-0.2, -0.15) is 0 Å². The average molecular weight is 327 g/mol. The van der Waals surface area contributed by atoms with Crippen molar-refractivity contribution >= 4 is 11.8 Å². The van der Waals surface area contributed by atoms with Gasteiger partial charge in [0.15, 0.2) is 0 Å². The fourth-order valence-corrected chi connectivity index (χ4v) is 2.80. The number of allylic oxidation sites excluding steroid dienone is 3. The number of carbonyl (C=O) groups excluding carboxylic acids is 2. The molecular weight excluding hydrogens is 310 g/mol. The fraction of sp³-hybridized carbons (Fsp3) is 0.222. The van der Waals surface area contributed by atoms with Crippen LogP contribution in [0.5, 0.6) is 11.5 Å². The first-order valence-corrected chi connectivity index (χ1v) is 7.43. The van der Waals surface area contributed by atoms with E-state index in [1.54, 1.807) is 37.5 Å². The lowest BCUT2D eigenvalue weighted by Crippen LogP contribution is -2.31. The molecular formula is C18H17NO5. The number of ether oxygens (including phenoxy) is 2. The molecule has 2 aliphatic rings. The van der Waals surface area contributed by atoms with E-state index in [0.29, 0.717) is 29.1 Å². The smallest absolute Gasteiger partial charge is 0.265 e. The van der Waals surface area contributed by atoms with Gasteiger partial charge in [-0.3, -0.25) is 14.5 Å².